The lowest BCUT2D eigenvalue weighted by Gasteiger charge is -2.34. The third kappa shape index (κ3) is 5.52. The van der Waals surface area contributed by atoms with Gasteiger partial charge in [0.15, 0.2) is 0 Å². The van der Waals surface area contributed by atoms with E-state index in [0.29, 0.717) is 49.1 Å². The smallest absolute Gasteiger partial charge is 0.238 e. The number of methoxy groups -OCH3 is 1. The number of hydrogen-bond donors (Lipinski definition) is 1. The van der Waals surface area contributed by atoms with E-state index in [1.54, 1.807) is 19.2 Å². The van der Waals surface area contributed by atoms with Gasteiger partial charge in [-0.15, -0.1) is 0 Å². The molecular formula is C23H28ClN3O3. The van der Waals surface area contributed by atoms with E-state index >= 15 is 0 Å². The van der Waals surface area contributed by atoms with Crippen molar-refractivity contribution in [2.45, 2.75) is 20.3 Å². The second-order valence-corrected chi connectivity index (χ2v) is 8.02. The third-order valence-electron chi connectivity index (χ3n) is 5.45. The molecule has 2 aromatic rings. The fourth-order valence-electron chi connectivity index (χ4n) is 3.56. The van der Waals surface area contributed by atoms with Crippen LogP contribution in [0.15, 0.2) is 36.4 Å². The summed E-state index contributed by atoms with van der Waals surface area (Å²) in [6.45, 7) is 6.77. The van der Waals surface area contributed by atoms with Gasteiger partial charge >= 0.3 is 0 Å². The second kappa shape index (κ2) is 9.96. The van der Waals surface area contributed by atoms with Crippen LogP contribution in [0.25, 0.3) is 0 Å². The molecule has 0 radical (unpaired) electrons. The molecule has 160 valence electrons. The first-order valence-electron chi connectivity index (χ1n) is 10.1. The Morgan fingerprint density at radius 2 is 1.77 bits per heavy atom. The van der Waals surface area contributed by atoms with Gasteiger partial charge in [-0.25, -0.2) is 0 Å². The molecule has 3 rings (SSSR count). The number of benzene rings is 2. The highest BCUT2D eigenvalue weighted by Gasteiger charge is 2.23. The molecule has 0 unspecified atom stereocenters. The molecule has 0 saturated carbocycles. The monoisotopic (exact) mass is 429 g/mol. The van der Waals surface area contributed by atoms with Gasteiger partial charge in [0.05, 0.1) is 25.8 Å². The first-order valence-corrected chi connectivity index (χ1v) is 10.4. The fraction of sp³-hybridized carbons (Fsp3) is 0.391. The van der Waals surface area contributed by atoms with Crippen molar-refractivity contribution in [3.8, 4) is 5.75 Å². The zero-order chi connectivity index (χ0) is 21.7. The second-order valence-electron chi connectivity index (χ2n) is 7.61. The van der Waals surface area contributed by atoms with Crippen molar-refractivity contribution in [2.24, 2.45) is 0 Å². The number of halogens is 1. The summed E-state index contributed by atoms with van der Waals surface area (Å²) in [5.74, 6) is 0.551. The SMILES string of the molecule is COc1cc(Cl)c(C)cc1NC(=O)CN1CCN(C(=O)Cc2ccccc2C)CC1. The Balaban J connectivity index is 1.50. The van der Waals surface area contributed by atoms with Crippen LogP contribution in [0.5, 0.6) is 5.75 Å². The first-order chi connectivity index (χ1) is 14.4. The van der Waals surface area contributed by atoms with Gasteiger partial charge in [-0.1, -0.05) is 35.9 Å². The Morgan fingerprint density at radius 1 is 1.07 bits per heavy atom. The summed E-state index contributed by atoms with van der Waals surface area (Å²) in [5.41, 5.74) is 3.68. The average Bonchev–Trinajstić information content (AvgIpc) is 2.72. The van der Waals surface area contributed by atoms with Crippen molar-refractivity contribution >= 4 is 29.1 Å². The number of carbonyl (C=O) groups excluding carboxylic acids is 2. The van der Waals surface area contributed by atoms with Gasteiger partial charge < -0.3 is 15.0 Å². The van der Waals surface area contributed by atoms with Gasteiger partial charge in [0.2, 0.25) is 11.8 Å². The number of piperazine rings is 1. The quantitative estimate of drug-likeness (QED) is 0.765. The largest absolute Gasteiger partial charge is 0.495 e. The van der Waals surface area contributed by atoms with Gasteiger partial charge in [-0.2, -0.15) is 0 Å². The van der Waals surface area contributed by atoms with E-state index in [1.807, 2.05) is 43.0 Å². The number of hydrogen-bond acceptors (Lipinski definition) is 4. The van der Waals surface area contributed by atoms with Gasteiger partial charge in [0, 0.05) is 37.3 Å². The summed E-state index contributed by atoms with van der Waals surface area (Å²) in [4.78, 5) is 29.1. The summed E-state index contributed by atoms with van der Waals surface area (Å²) >= 11 is 6.12. The molecule has 1 heterocycles. The number of rotatable bonds is 6. The molecule has 6 nitrogen and oxygen atoms in total. The average molecular weight is 430 g/mol. The lowest BCUT2D eigenvalue weighted by Crippen LogP contribution is -2.50. The van der Waals surface area contributed by atoms with Crippen LogP contribution in [-0.2, 0) is 16.0 Å². The summed E-state index contributed by atoms with van der Waals surface area (Å²) < 4.78 is 5.31. The van der Waals surface area contributed by atoms with Gasteiger partial charge in [-0.05, 0) is 36.6 Å². The highest BCUT2D eigenvalue weighted by atomic mass is 35.5. The molecule has 0 aromatic heterocycles. The number of amides is 2. The third-order valence-corrected chi connectivity index (χ3v) is 5.86. The zero-order valence-corrected chi connectivity index (χ0v) is 18.5. The predicted molar refractivity (Wildman–Crippen MR) is 119 cm³/mol. The molecule has 1 fully saturated rings. The molecule has 1 N–H and O–H groups in total. The molecule has 7 heteroatoms. The van der Waals surface area contributed by atoms with Crippen LogP contribution in [0.2, 0.25) is 5.02 Å². The molecule has 1 saturated heterocycles. The van der Waals surface area contributed by atoms with Crippen LogP contribution in [0.3, 0.4) is 0 Å². The van der Waals surface area contributed by atoms with E-state index in [2.05, 4.69) is 10.2 Å². The van der Waals surface area contributed by atoms with Crippen LogP contribution in [0.1, 0.15) is 16.7 Å². The Labute approximate surface area is 182 Å². The number of ether oxygens (including phenoxy) is 1. The molecule has 0 atom stereocenters. The van der Waals surface area contributed by atoms with Crippen molar-refractivity contribution in [2.75, 3.05) is 45.2 Å². The van der Waals surface area contributed by atoms with Crippen LogP contribution < -0.4 is 10.1 Å². The maximum absolute atomic E-state index is 12.6. The van der Waals surface area contributed by atoms with Crippen molar-refractivity contribution in [3.05, 3.63) is 58.1 Å². The highest BCUT2D eigenvalue weighted by molar-refractivity contribution is 6.31. The predicted octanol–water partition coefficient (Wildman–Crippen LogP) is 3.29. The molecule has 0 bridgehead atoms. The van der Waals surface area contributed by atoms with E-state index in [0.717, 1.165) is 16.7 Å². The van der Waals surface area contributed by atoms with E-state index in [1.165, 1.54) is 0 Å². The van der Waals surface area contributed by atoms with Crippen LogP contribution in [0.4, 0.5) is 5.69 Å². The standard InChI is InChI=1S/C23H28ClN3O3/c1-16-6-4-5-7-18(16)13-23(29)27-10-8-26(9-11-27)15-22(28)25-20-12-17(2)19(24)14-21(20)30-3/h4-7,12,14H,8-11,13,15H2,1-3H3,(H,25,28). The Morgan fingerprint density at radius 3 is 2.43 bits per heavy atom. The maximum atomic E-state index is 12.6. The zero-order valence-electron chi connectivity index (χ0n) is 17.7. The van der Waals surface area contributed by atoms with Crippen LogP contribution >= 0.6 is 11.6 Å². The minimum absolute atomic E-state index is 0.116. The minimum Gasteiger partial charge on any atom is -0.495 e. The fourth-order valence-corrected chi connectivity index (χ4v) is 3.71. The summed E-state index contributed by atoms with van der Waals surface area (Å²) in [5, 5.41) is 3.50. The molecule has 1 aliphatic heterocycles. The molecule has 30 heavy (non-hydrogen) atoms. The van der Waals surface area contributed by atoms with Gasteiger partial charge in [-0.3, -0.25) is 14.5 Å². The Hall–Kier alpha value is -2.57. The lowest BCUT2D eigenvalue weighted by atomic mass is 10.1. The molecule has 0 aliphatic carbocycles. The van der Waals surface area contributed by atoms with Crippen LogP contribution in [-0.4, -0.2) is 61.4 Å². The molecule has 0 spiro atoms. The summed E-state index contributed by atoms with van der Waals surface area (Å²) in [6.07, 6.45) is 0.420. The summed E-state index contributed by atoms with van der Waals surface area (Å²) in [6, 6.07) is 11.5. The number of anilines is 1. The molecule has 1 aliphatic rings. The summed E-state index contributed by atoms with van der Waals surface area (Å²) in [7, 11) is 1.55. The normalized spacial score (nSPS) is 14.5. The number of nitrogens with zero attached hydrogens (tertiary/aromatic N) is 2. The maximum Gasteiger partial charge on any atom is 0.238 e. The van der Waals surface area contributed by atoms with Gasteiger partial charge in [0.1, 0.15) is 5.75 Å². The Bertz CT molecular complexity index is 924. The molecule has 2 amide bonds. The number of aryl methyl sites for hydroxylation is 2. The van der Waals surface area contributed by atoms with Crippen molar-refractivity contribution < 1.29 is 14.3 Å². The number of carbonyl (C=O) groups is 2. The van der Waals surface area contributed by atoms with Crippen molar-refractivity contribution in [1.29, 1.82) is 0 Å². The lowest BCUT2D eigenvalue weighted by molar-refractivity contribution is -0.132. The highest BCUT2D eigenvalue weighted by Crippen LogP contribution is 2.30. The molecule has 2 aromatic carbocycles. The first kappa shape index (κ1) is 22.1. The van der Waals surface area contributed by atoms with E-state index in [-0.39, 0.29) is 18.4 Å². The number of nitrogens with one attached hydrogen (secondary N) is 1. The van der Waals surface area contributed by atoms with E-state index in [4.69, 9.17) is 16.3 Å². The van der Waals surface area contributed by atoms with E-state index in [9.17, 15) is 9.59 Å². The Kier molecular flexibility index (Phi) is 7.34. The topological polar surface area (TPSA) is 61.9 Å². The van der Waals surface area contributed by atoms with E-state index < -0.39 is 0 Å². The minimum atomic E-state index is -0.116. The van der Waals surface area contributed by atoms with Crippen molar-refractivity contribution in [3.63, 3.8) is 0 Å². The van der Waals surface area contributed by atoms with Crippen LogP contribution in [0, 0.1) is 13.8 Å². The molecular weight excluding hydrogens is 402 g/mol. The van der Waals surface area contributed by atoms with Gasteiger partial charge in [0.25, 0.3) is 0 Å². The van der Waals surface area contributed by atoms with Crippen molar-refractivity contribution in [1.82, 2.24) is 9.80 Å².